The molecule has 3 N–H and O–H groups in total. The fourth-order valence-electron chi connectivity index (χ4n) is 3.82. The van der Waals surface area contributed by atoms with Crippen LogP contribution in [0, 0.1) is 5.41 Å². The van der Waals surface area contributed by atoms with E-state index in [0.717, 1.165) is 42.8 Å². The summed E-state index contributed by atoms with van der Waals surface area (Å²) in [5, 5.41) is 14.7. The lowest BCUT2D eigenvalue weighted by molar-refractivity contribution is 0.381. The van der Waals surface area contributed by atoms with Gasteiger partial charge in [-0.25, -0.2) is 4.31 Å². The van der Waals surface area contributed by atoms with Gasteiger partial charge in [0.15, 0.2) is 0 Å². The van der Waals surface area contributed by atoms with Crippen LogP contribution in [0.3, 0.4) is 0 Å². The van der Waals surface area contributed by atoms with Crippen molar-refractivity contribution in [1.82, 2.24) is 9.62 Å². The molecule has 1 aliphatic carbocycles. The summed E-state index contributed by atoms with van der Waals surface area (Å²) in [7, 11) is 0. The van der Waals surface area contributed by atoms with Gasteiger partial charge in [-0.2, -0.15) is 0 Å². The largest absolute Gasteiger partial charge is 0.383 e. The zero-order valence-electron chi connectivity index (χ0n) is 20.6. The normalized spacial score (nSPS) is 13.3. The molecule has 0 amide bonds. The summed E-state index contributed by atoms with van der Waals surface area (Å²) in [6.45, 7) is 14.1. The lowest BCUT2D eigenvalue weighted by Gasteiger charge is -2.28. The SMILES string of the molecule is C=C(C=N)CN(Sc1ccccc1)C(C)CCc1ccccc1NC(=C)CNC(CC)=C1CC1. The fourth-order valence-corrected chi connectivity index (χ4v) is 4.89. The van der Waals surface area contributed by atoms with E-state index < -0.39 is 0 Å². The summed E-state index contributed by atoms with van der Waals surface area (Å²) in [4.78, 5) is 1.20. The first-order valence-electron chi connectivity index (χ1n) is 12.2. The van der Waals surface area contributed by atoms with Crippen molar-refractivity contribution < 1.29 is 0 Å². The molecule has 4 nitrogen and oxygen atoms in total. The summed E-state index contributed by atoms with van der Waals surface area (Å²) < 4.78 is 2.33. The second-order valence-corrected chi connectivity index (χ2v) is 9.97. The molecule has 0 heterocycles. The van der Waals surface area contributed by atoms with Crippen molar-refractivity contribution in [2.24, 2.45) is 0 Å². The van der Waals surface area contributed by atoms with Crippen molar-refractivity contribution >= 4 is 23.8 Å². The molecule has 180 valence electrons. The van der Waals surface area contributed by atoms with Crippen LogP contribution in [0.4, 0.5) is 5.69 Å². The number of rotatable bonds is 15. The molecule has 0 saturated heterocycles. The van der Waals surface area contributed by atoms with E-state index in [-0.39, 0.29) is 0 Å². The topological polar surface area (TPSA) is 51.2 Å². The highest BCUT2D eigenvalue weighted by molar-refractivity contribution is 7.97. The van der Waals surface area contributed by atoms with Gasteiger partial charge in [0.25, 0.3) is 0 Å². The van der Waals surface area contributed by atoms with E-state index in [1.54, 1.807) is 17.5 Å². The number of nitrogens with one attached hydrogen (secondary N) is 3. The van der Waals surface area contributed by atoms with Gasteiger partial charge in [0.2, 0.25) is 0 Å². The van der Waals surface area contributed by atoms with Crippen LogP contribution in [0.5, 0.6) is 0 Å². The summed E-state index contributed by atoms with van der Waals surface area (Å²) in [5.41, 5.74) is 7.16. The first-order chi connectivity index (χ1) is 16.5. The minimum Gasteiger partial charge on any atom is -0.383 e. The minimum atomic E-state index is 0.317. The van der Waals surface area contributed by atoms with Gasteiger partial charge < -0.3 is 16.0 Å². The Hall–Kier alpha value is -2.76. The molecule has 1 saturated carbocycles. The summed E-state index contributed by atoms with van der Waals surface area (Å²) in [6, 6.07) is 19.2. The summed E-state index contributed by atoms with van der Waals surface area (Å²) in [6.07, 6.45) is 6.85. The summed E-state index contributed by atoms with van der Waals surface area (Å²) in [5.74, 6) is 0. The predicted octanol–water partition coefficient (Wildman–Crippen LogP) is 7.20. The van der Waals surface area contributed by atoms with Crippen LogP contribution in [-0.4, -0.2) is 29.7 Å². The highest BCUT2D eigenvalue weighted by Crippen LogP contribution is 2.32. The molecule has 1 fully saturated rings. The molecule has 1 unspecified atom stereocenters. The standard InChI is InChI=1S/C29H38N4S/c1-5-28(26-17-18-26)31-20-23(3)32-29-14-10-9-11-25(29)16-15-24(4)33(21-22(2)19-30)34-27-12-7-6-8-13-27/h6-14,19,24,30-32H,2-3,5,15-18,20-21H2,1,4H3. The van der Waals surface area contributed by atoms with Crippen molar-refractivity contribution in [1.29, 1.82) is 5.41 Å². The smallest absolute Gasteiger partial charge is 0.0542 e. The van der Waals surface area contributed by atoms with E-state index >= 15 is 0 Å². The molecule has 0 aromatic heterocycles. The van der Waals surface area contributed by atoms with Crippen molar-refractivity contribution in [3.8, 4) is 0 Å². The van der Waals surface area contributed by atoms with Crippen molar-refractivity contribution in [2.45, 2.75) is 56.9 Å². The predicted molar refractivity (Wildman–Crippen MR) is 148 cm³/mol. The number of hydrogen-bond acceptors (Lipinski definition) is 5. The van der Waals surface area contributed by atoms with Crippen LogP contribution < -0.4 is 10.6 Å². The van der Waals surface area contributed by atoms with Gasteiger partial charge in [-0.3, -0.25) is 0 Å². The number of anilines is 1. The first kappa shape index (κ1) is 25.9. The second kappa shape index (κ2) is 13.2. The molecule has 3 rings (SSSR count). The van der Waals surface area contributed by atoms with Gasteiger partial charge in [-0.15, -0.1) is 0 Å². The quantitative estimate of drug-likeness (QED) is 0.189. The maximum atomic E-state index is 7.57. The van der Waals surface area contributed by atoms with Gasteiger partial charge in [-0.05, 0) is 80.3 Å². The molecule has 0 aliphatic heterocycles. The van der Waals surface area contributed by atoms with Gasteiger partial charge in [0.05, 0.1) is 6.54 Å². The molecular weight excluding hydrogens is 436 g/mol. The molecular formula is C29H38N4S. The highest BCUT2D eigenvalue weighted by Gasteiger charge is 2.18. The van der Waals surface area contributed by atoms with Crippen molar-refractivity contribution in [3.05, 3.63) is 95.9 Å². The van der Waals surface area contributed by atoms with E-state index in [9.17, 15) is 0 Å². The van der Waals surface area contributed by atoms with Gasteiger partial charge in [-0.1, -0.05) is 62.1 Å². The number of para-hydroxylation sites is 1. The van der Waals surface area contributed by atoms with E-state index in [1.165, 1.54) is 35.2 Å². The van der Waals surface area contributed by atoms with Crippen LogP contribution >= 0.6 is 11.9 Å². The molecule has 34 heavy (non-hydrogen) atoms. The van der Waals surface area contributed by atoms with E-state index in [2.05, 4.69) is 90.5 Å². The number of hydrogen-bond donors (Lipinski definition) is 3. The second-order valence-electron chi connectivity index (χ2n) is 8.84. The van der Waals surface area contributed by atoms with E-state index in [1.807, 2.05) is 6.07 Å². The molecule has 1 aliphatic rings. The lowest BCUT2D eigenvalue weighted by Crippen LogP contribution is -2.29. The van der Waals surface area contributed by atoms with E-state index in [0.29, 0.717) is 12.6 Å². The van der Waals surface area contributed by atoms with Crippen LogP contribution in [0.1, 0.15) is 45.1 Å². The third-order valence-corrected chi connectivity index (χ3v) is 7.18. The van der Waals surface area contributed by atoms with Gasteiger partial charge in [0.1, 0.15) is 0 Å². The summed E-state index contributed by atoms with van der Waals surface area (Å²) >= 11 is 1.74. The maximum absolute atomic E-state index is 7.57. The molecule has 5 heteroatoms. The number of allylic oxidation sites excluding steroid dienone is 2. The average Bonchev–Trinajstić information content (AvgIpc) is 3.69. The Labute approximate surface area is 209 Å². The van der Waals surface area contributed by atoms with Gasteiger partial charge >= 0.3 is 0 Å². The monoisotopic (exact) mass is 474 g/mol. The molecule has 0 radical (unpaired) electrons. The van der Waals surface area contributed by atoms with Gasteiger partial charge in [0, 0.05) is 40.8 Å². The Morgan fingerprint density at radius 3 is 2.50 bits per heavy atom. The molecule has 1 atom stereocenters. The maximum Gasteiger partial charge on any atom is 0.0542 e. The Morgan fingerprint density at radius 1 is 1.12 bits per heavy atom. The third-order valence-electron chi connectivity index (χ3n) is 5.98. The Balaban J connectivity index is 1.59. The van der Waals surface area contributed by atoms with Crippen molar-refractivity contribution in [2.75, 3.05) is 18.4 Å². The molecule has 0 spiro atoms. The minimum absolute atomic E-state index is 0.317. The third kappa shape index (κ3) is 8.23. The molecule has 2 aromatic carbocycles. The Bertz CT molecular complexity index is 1010. The highest BCUT2D eigenvalue weighted by atomic mass is 32.2. The average molecular weight is 475 g/mol. The van der Waals surface area contributed by atoms with E-state index in [4.69, 9.17) is 5.41 Å². The van der Waals surface area contributed by atoms with Crippen LogP contribution in [-0.2, 0) is 6.42 Å². The van der Waals surface area contributed by atoms with Crippen LogP contribution in [0.15, 0.2) is 95.2 Å². The Morgan fingerprint density at radius 2 is 1.82 bits per heavy atom. The lowest BCUT2D eigenvalue weighted by atomic mass is 10.0. The zero-order chi connectivity index (χ0) is 24.3. The van der Waals surface area contributed by atoms with Crippen LogP contribution in [0.25, 0.3) is 0 Å². The zero-order valence-corrected chi connectivity index (χ0v) is 21.4. The number of benzene rings is 2. The first-order valence-corrected chi connectivity index (χ1v) is 12.9. The number of aryl methyl sites for hydroxylation is 1. The molecule has 0 bridgehead atoms. The molecule has 2 aromatic rings. The fraction of sp³-hybridized carbons (Fsp3) is 0.345. The van der Waals surface area contributed by atoms with Crippen molar-refractivity contribution in [3.63, 3.8) is 0 Å². The Kier molecular flexibility index (Phi) is 10.0. The van der Waals surface area contributed by atoms with Crippen LogP contribution in [0.2, 0.25) is 0 Å². The number of nitrogens with zero attached hydrogens (tertiary/aromatic N) is 1.